The number of nitrogens with zero attached hydrogens (tertiary/aromatic N) is 4. The van der Waals surface area contributed by atoms with Gasteiger partial charge in [0.1, 0.15) is 11.5 Å². The molecule has 2 fully saturated rings. The normalized spacial score (nSPS) is 17.5. The molecule has 1 atom stereocenters. The molecule has 2 heterocycles. The first-order chi connectivity index (χ1) is 17.6. The van der Waals surface area contributed by atoms with Crippen molar-refractivity contribution in [3.05, 3.63) is 54.0 Å². The van der Waals surface area contributed by atoms with Gasteiger partial charge in [0.2, 0.25) is 0 Å². The van der Waals surface area contributed by atoms with Crippen LogP contribution in [0.4, 0.5) is 10.2 Å². The highest BCUT2D eigenvalue weighted by molar-refractivity contribution is 5.87. The van der Waals surface area contributed by atoms with Crippen molar-refractivity contribution in [2.75, 3.05) is 37.7 Å². The van der Waals surface area contributed by atoms with Crippen LogP contribution in [0.1, 0.15) is 43.7 Å². The maximum atomic E-state index is 14.4. The smallest absolute Gasteiger partial charge is 0.329 e. The minimum Gasteiger partial charge on any atom is -0.464 e. The summed E-state index contributed by atoms with van der Waals surface area (Å²) in [5.74, 6) is -1.18. The zero-order chi connectivity index (χ0) is 24.9. The Hall–Kier alpha value is -3.57. The number of esters is 1. The molecule has 0 spiro atoms. The maximum Gasteiger partial charge on any atom is 0.329 e. The number of anilines is 1. The molecule has 0 bridgehead atoms. The zero-order valence-electron chi connectivity index (χ0n) is 20.3. The average molecular weight is 488 g/mol. The van der Waals surface area contributed by atoms with Crippen LogP contribution in [0.15, 0.2) is 42.5 Å². The van der Waals surface area contributed by atoms with Gasteiger partial charge < -0.3 is 15.0 Å². The summed E-state index contributed by atoms with van der Waals surface area (Å²) in [5.41, 5.74) is 2.62. The van der Waals surface area contributed by atoms with E-state index in [1.54, 1.807) is 36.4 Å². The summed E-state index contributed by atoms with van der Waals surface area (Å²) in [6.45, 7) is 3.22. The van der Waals surface area contributed by atoms with Gasteiger partial charge in [0.05, 0.1) is 23.7 Å². The Morgan fingerprint density at radius 1 is 1.11 bits per heavy atom. The summed E-state index contributed by atoms with van der Waals surface area (Å²) in [6, 6.07) is 14.1. The number of hydrogen-bond donors (Lipinski definition) is 1. The lowest BCUT2D eigenvalue weighted by Gasteiger charge is -2.30. The quantitative estimate of drug-likeness (QED) is 0.509. The molecule has 0 radical (unpaired) electrons. The van der Waals surface area contributed by atoms with Crippen molar-refractivity contribution in [3.63, 3.8) is 0 Å². The number of carbonyl (C=O) groups is 1. The highest BCUT2D eigenvalue weighted by atomic mass is 19.1. The van der Waals surface area contributed by atoms with Crippen molar-refractivity contribution in [2.45, 2.75) is 38.0 Å². The van der Waals surface area contributed by atoms with Gasteiger partial charge in [0, 0.05) is 31.7 Å². The number of rotatable bonds is 6. The van der Waals surface area contributed by atoms with E-state index in [1.165, 1.54) is 12.5 Å². The van der Waals surface area contributed by atoms with E-state index < -0.39 is 11.9 Å². The first-order valence-corrected chi connectivity index (χ1v) is 12.7. The van der Waals surface area contributed by atoms with Crippen LogP contribution >= 0.6 is 0 Å². The number of nitrogens with one attached hydrogen (secondary N) is 1. The number of aromatic nitrogens is 2. The van der Waals surface area contributed by atoms with E-state index in [4.69, 9.17) is 14.7 Å². The molecule has 36 heavy (non-hydrogen) atoms. The van der Waals surface area contributed by atoms with E-state index in [1.807, 2.05) is 4.90 Å². The Labute approximate surface area is 210 Å². The number of fused-ring (bicyclic) bond motifs is 1. The molecule has 0 amide bonds. The third kappa shape index (κ3) is 5.17. The van der Waals surface area contributed by atoms with Gasteiger partial charge in [0.25, 0.3) is 0 Å². The van der Waals surface area contributed by atoms with Gasteiger partial charge >= 0.3 is 5.97 Å². The standard InChI is InChI=1S/C28H30FN5O2/c29-23-9-5-4-8-21(23)20-10-11-24-25(16-20)33-27(34-14-12-31-13-15-34)26(32-24)22(17-30)28(35)36-18-19-6-2-1-3-7-19/h4-5,8-11,16,19,22,31H,1-3,6-7,12-15,18H2. The molecule has 7 nitrogen and oxygen atoms in total. The van der Waals surface area contributed by atoms with E-state index in [0.717, 1.165) is 38.8 Å². The summed E-state index contributed by atoms with van der Waals surface area (Å²) in [5, 5.41) is 13.3. The lowest BCUT2D eigenvalue weighted by Crippen LogP contribution is -2.44. The van der Waals surface area contributed by atoms with Crippen LogP contribution in [-0.2, 0) is 9.53 Å². The Bertz CT molecular complexity index is 1280. The first-order valence-electron chi connectivity index (χ1n) is 12.7. The summed E-state index contributed by atoms with van der Waals surface area (Å²) in [4.78, 5) is 24.8. The van der Waals surface area contributed by atoms with Gasteiger partial charge in [-0.2, -0.15) is 5.26 Å². The van der Waals surface area contributed by atoms with E-state index in [0.29, 0.717) is 59.3 Å². The Balaban J connectivity index is 1.50. The fraction of sp³-hybridized carbons (Fsp3) is 0.429. The second-order valence-electron chi connectivity index (χ2n) is 9.55. The molecule has 1 aliphatic heterocycles. The molecule has 1 aromatic heterocycles. The van der Waals surface area contributed by atoms with E-state index in [-0.39, 0.29) is 5.82 Å². The predicted octanol–water partition coefficient (Wildman–Crippen LogP) is 4.58. The molecular formula is C28H30FN5O2. The SMILES string of the molecule is N#CC(C(=O)OCC1CCCCC1)c1nc2ccc(-c3ccccc3F)cc2nc1N1CCNCC1. The third-order valence-electron chi connectivity index (χ3n) is 7.10. The Morgan fingerprint density at radius 3 is 2.64 bits per heavy atom. The molecule has 1 unspecified atom stereocenters. The minimum atomic E-state index is -1.17. The van der Waals surface area contributed by atoms with Crippen LogP contribution in [0, 0.1) is 23.1 Å². The van der Waals surface area contributed by atoms with Crippen molar-refractivity contribution in [1.29, 1.82) is 5.26 Å². The maximum absolute atomic E-state index is 14.4. The predicted molar refractivity (Wildman–Crippen MR) is 136 cm³/mol. The number of benzene rings is 2. The van der Waals surface area contributed by atoms with Gasteiger partial charge in [-0.15, -0.1) is 0 Å². The van der Waals surface area contributed by atoms with Crippen molar-refractivity contribution < 1.29 is 13.9 Å². The summed E-state index contributed by atoms with van der Waals surface area (Å²) in [6.07, 6.45) is 5.64. The lowest BCUT2D eigenvalue weighted by atomic mass is 9.90. The molecule has 2 aliphatic rings. The van der Waals surface area contributed by atoms with Crippen LogP contribution < -0.4 is 10.2 Å². The number of ether oxygens (including phenoxy) is 1. The van der Waals surface area contributed by atoms with Crippen LogP contribution in [0.5, 0.6) is 0 Å². The summed E-state index contributed by atoms with van der Waals surface area (Å²) >= 11 is 0. The number of piperazine rings is 1. The summed E-state index contributed by atoms with van der Waals surface area (Å²) < 4.78 is 20.1. The van der Waals surface area contributed by atoms with Gasteiger partial charge in [0.15, 0.2) is 11.7 Å². The average Bonchev–Trinajstić information content (AvgIpc) is 2.93. The topological polar surface area (TPSA) is 91.1 Å². The van der Waals surface area contributed by atoms with Crippen LogP contribution in [0.3, 0.4) is 0 Å². The largest absolute Gasteiger partial charge is 0.464 e. The zero-order valence-corrected chi connectivity index (χ0v) is 20.3. The number of nitriles is 1. The summed E-state index contributed by atoms with van der Waals surface area (Å²) in [7, 11) is 0. The van der Waals surface area contributed by atoms with Crippen molar-refractivity contribution in [2.24, 2.45) is 5.92 Å². The minimum absolute atomic E-state index is 0.311. The van der Waals surface area contributed by atoms with Gasteiger partial charge in [-0.25, -0.2) is 14.4 Å². The third-order valence-corrected chi connectivity index (χ3v) is 7.10. The Morgan fingerprint density at radius 2 is 1.89 bits per heavy atom. The van der Waals surface area contributed by atoms with Gasteiger partial charge in [-0.05, 0) is 42.5 Å². The monoisotopic (exact) mass is 487 g/mol. The molecule has 8 heteroatoms. The van der Waals surface area contributed by atoms with E-state index >= 15 is 0 Å². The van der Waals surface area contributed by atoms with Crippen LogP contribution in [0.25, 0.3) is 22.2 Å². The highest BCUT2D eigenvalue weighted by Gasteiger charge is 2.31. The van der Waals surface area contributed by atoms with Crippen molar-refractivity contribution in [3.8, 4) is 17.2 Å². The van der Waals surface area contributed by atoms with Crippen LogP contribution in [-0.4, -0.2) is 48.7 Å². The Kier molecular flexibility index (Phi) is 7.38. The van der Waals surface area contributed by atoms with Crippen molar-refractivity contribution in [1.82, 2.24) is 15.3 Å². The molecule has 2 aromatic carbocycles. The molecule has 1 saturated heterocycles. The van der Waals surface area contributed by atoms with E-state index in [9.17, 15) is 14.4 Å². The molecule has 3 aromatic rings. The molecular weight excluding hydrogens is 457 g/mol. The van der Waals surface area contributed by atoms with Crippen molar-refractivity contribution >= 4 is 22.8 Å². The lowest BCUT2D eigenvalue weighted by molar-refractivity contribution is -0.145. The molecule has 1 N–H and O–H groups in total. The molecule has 5 rings (SSSR count). The van der Waals surface area contributed by atoms with Gasteiger partial charge in [-0.3, -0.25) is 4.79 Å². The first kappa shape index (κ1) is 24.1. The van der Waals surface area contributed by atoms with E-state index in [2.05, 4.69) is 11.4 Å². The van der Waals surface area contributed by atoms with Gasteiger partial charge in [-0.1, -0.05) is 43.5 Å². The molecule has 1 saturated carbocycles. The highest BCUT2D eigenvalue weighted by Crippen LogP contribution is 2.32. The number of halogens is 1. The molecule has 186 valence electrons. The number of carbonyl (C=O) groups excluding carboxylic acids is 1. The second-order valence-corrected chi connectivity index (χ2v) is 9.55. The molecule has 1 aliphatic carbocycles. The van der Waals surface area contributed by atoms with Crippen LogP contribution in [0.2, 0.25) is 0 Å². The fourth-order valence-corrected chi connectivity index (χ4v) is 5.09. The second kappa shape index (κ2) is 11.0. The number of hydrogen-bond acceptors (Lipinski definition) is 7. The fourth-order valence-electron chi connectivity index (χ4n) is 5.09.